The highest BCUT2D eigenvalue weighted by atomic mass is 79.9. The van der Waals surface area contributed by atoms with Crippen LogP contribution in [0.15, 0.2) is 3.92 Å². The molecule has 0 saturated carbocycles. The van der Waals surface area contributed by atoms with Crippen molar-refractivity contribution in [1.82, 2.24) is 4.98 Å². The first kappa shape index (κ1) is 9.68. The molecule has 4 heteroatoms. The second kappa shape index (κ2) is 4.58. The summed E-state index contributed by atoms with van der Waals surface area (Å²) in [6.07, 6.45) is 1.83. The van der Waals surface area contributed by atoms with Gasteiger partial charge in [0.05, 0.1) is 5.69 Å². The van der Waals surface area contributed by atoms with Crippen LogP contribution in [0, 0.1) is 6.92 Å². The molecule has 0 spiro atoms. The molecule has 0 amide bonds. The molecule has 0 aromatic carbocycles. The average Bonchev–Trinajstić information content (AvgIpc) is 2.32. The Bertz CT molecular complexity index is 234. The van der Waals surface area contributed by atoms with Gasteiger partial charge in [-0.25, -0.2) is 4.98 Å². The lowest BCUT2D eigenvalue weighted by molar-refractivity contribution is 1.04. The van der Waals surface area contributed by atoms with Gasteiger partial charge in [-0.05, 0) is 29.3 Å². The average molecular weight is 298 g/mol. The van der Waals surface area contributed by atoms with E-state index in [1.54, 1.807) is 11.3 Å². The van der Waals surface area contributed by atoms with Crippen LogP contribution < -0.4 is 0 Å². The molecule has 0 N–H and O–H groups in total. The summed E-state index contributed by atoms with van der Waals surface area (Å²) in [5, 5.41) is 0.968. The van der Waals surface area contributed by atoms with Crippen molar-refractivity contribution < 1.29 is 0 Å². The lowest BCUT2D eigenvalue weighted by Crippen LogP contribution is -1.90. The van der Waals surface area contributed by atoms with Gasteiger partial charge in [0, 0.05) is 16.6 Å². The van der Waals surface area contributed by atoms with Crippen LogP contribution in [-0.2, 0) is 12.8 Å². The highest BCUT2D eigenvalue weighted by Gasteiger charge is 2.06. The molecule has 0 aliphatic rings. The van der Waals surface area contributed by atoms with E-state index in [0.717, 1.165) is 22.1 Å². The van der Waals surface area contributed by atoms with Crippen molar-refractivity contribution in [2.75, 3.05) is 5.33 Å². The van der Waals surface area contributed by atoms with Crippen molar-refractivity contribution in [2.24, 2.45) is 0 Å². The standard InChI is InChI=1S/C7H8Br2NS/c1-2-6-5(3-4-8)10-7(9)11-6/h1-4H2. The third-order valence-corrected chi connectivity index (χ3v) is 3.32. The van der Waals surface area contributed by atoms with E-state index in [2.05, 4.69) is 43.8 Å². The summed E-state index contributed by atoms with van der Waals surface area (Å²) in [4.78, 5) is 5.62. The Kier molecular flexibility index (Phi) is 4.02. The molecular weight excluding hydrogens is 290 g/mol. The van der Waals surface area contributed by atoms with Gasteiger partial charge in [0.2, 0.25) is 0 Å². The van der Waals surface area contributed by atoms with E-state index in [-0.39, 0.29) is 0 Å². The Morgan fingerprint density at radius 3 is 2.82 bits per heavy atom. The third kappa shape index (κ3) is 2.53. The number of alkyl halides is 1. The zero-order valence-corrected chi connectivity index (χ0v) is 9.93. The number of thiazole rings is 1. The normalized spacial score (nSPS) is 10.5. The van der Waals surface area contributed by atoms with Crippen molar-refractivity contribution in [2.45, 2.75) is 12.8 Å². The van der Waals surface area contributed by atoms with Gasteiger partial charge in [0.15, 0.2) is 3.92 Å². The molecule has 11 heavy (non-hydrogen) atoms. The molecule has 0 aliphatic heterocycles. The zero-order chi connectivity index (χ0) is 8.27. The molecule has 1 heterocycles. The summed E-state index contributed by atoms with van der Waals surface area (Å²) in [7, 11) is 0. The van der Waals surface area contributed by atoms with E-state index < -0.39 is 0 Å². The molecule has 0 fully saturated rings. The van der Waals surface area contributed by atoms with Crippen LogP contribution in [-0.4, -0.2) is 10.3 Å². The fourth-order valence-corrected chi connectivity index (χ4v) is 2.73. The number of rotatable bonds is 3. The monoisotopic (exact) mass is 296 g/mol. The highest BCUT2D eigenvalue weighted by Crippen LogP contribution is 2.24. The van der Waals surface area contributed by atoms with Crippen LogP contribution in [0.25, 0.3) is 0 Å². The summed E-state index contributed by atoms with van der Waals surface area (Å²) >= 11 is 8.42. The predicted molar refractivity (Wildman–Crippen MR) is 56.4 cm³/mol. The van der Waals surface area contributed by atoms with Crippen LogP contribution in [0.4, 0.5) is 0 Å². The molecule has 0 aliphatic carbocycles. The second-order valence-corrected chi connectivity index (χ2v) is 5.18. The molecule has 1 aromatic heterocycles. The summed E-state index contributed by atoms with van der Waals surface area (Å²) < 4.78 is 0.965. The molecule has 0 bridgehead atoms. The van der Waals surface area contributed by atoms with E-state index in [1.807, 2.05) is 0 Å². The number of halogens is 2. The summed E-state index contributed by atoms with van der Waals surface area (Å²) in [6, 6.07) is 0. The molecule has 1 aromatic rings. The van der Waals surface area contributed by atoms with E-state index in [9.17, 15) is 0 Å². The molecule has 1 nitrogen and oxygen atoms in total. The Hall–Kier alpha value is 0.590. The number of nitrogens with zero attached hydrogens (tertiary/aromatic N) is 1. The first-order valence-corrected chi connectivity index (χ1v) is 6.00. The summed E-state index contributed by atoms with van der Waals surface area (Å²) in [5.74, 6) is 0. The maximum atomic E-state index is 4.34. The van der Waals surface area contributed by atoms with Crippen molar-refractivity contribution in [3.8, 4) is 0 Å². The van der Waals surface area contributed by atoms with Crippen molar-refractivity contribution in [1.29, 1.82) is 0 Å². The fourth-order valence-electron chi connectivity index (χ4n) is 0.832. The Labute approximate surface area is 87.5 Å². The second-order valence-electron chi connectivity index (χ2n) is 2.03. The largest absolute Gasteiger partial charge is 0.234 e. The maximum Gasteiger partial charge on any atom is 0.159 e. The first-order valence-electron chi connectivity index (χ1n) is 3.27. The van der Waals surface area contributed by atoms with E-state index in [0.29, 0.717) is 0 Å². The van der Waals surface area contributed by atoms with Gasteiger partial charge >= 0.3 is 0 Å². The van der Waals surface area contributed by atoms with E-state index in [4.69, 9.17) is 0 Å². The van der Waals surface area contributed by atoms with E-state index in [1.165, 1.54) is 10.6 Å². The quantitative estimate of drug-likeness (QED) is 0.781. The van der Waals surface area contributed by atoms with Gasteiger partial charge in [-0.3, -0.25) is 0 Å². The van der Waals surface area contributed by atoms with Crippen LogP contribution in [0.5, 0.6) is 0 Å². The highest BCUT2D eigenvalue weighted by molar-refractivity contribution is 9.11. The van der Waals surface area contributed by atoms with Gasteiger partial charge in [0.1, 0.15) is 0 Å². The lowest BCUT2D eigenvalue weighted by atomic mass is 10.2. The van der Waals surface area contributed by atoms with Gasteiger partial charge in [-0.2, -0.15) is 0 Å². The van der Waals surface area contributed by atoms with Gasteiger partial charge in [-0.1, -0.05) is 15.9 Å². The number of hydrogen-bond donors (Lipinski definition) is 0. The molecule has 0 atom stereocenters. The van der Waals surface area contributed by atoms with Crippen LogP contribution >= 0.6 is 43.2 Å². The Morgan fingerprint density at radius 1 is 1.55 bits per heavy atom. The summed E-state index contributed by atoms with van der Waals surface area (Å²) in [6.45, 7) is 3.85. The molecular formula is C7H8Br2NS. The van der Waals surface area contributed by atoms with Crippen LogP contribution in [0.3, 0.4) is 0 Å². The minimum Gasteiger partial charge on any atom is -0.234 e. The molecule has 61 valence electrons. The lowest BCUT2D eigenvalue weighted by Gasteiger charge is -1.93. The zero-order valence-electron chi connectivity index (χ0n) is 5.94. The van der Waals surface area contributed by atoms with Crippen molar-refractivity contribution in [3.05, 3.63) is 21.4 Å². The van der Waals surface area contributed by atoms with Gasteiger partial charge < -0.3 is 0 Å². The first-order chi connectivity index (χ1) is 5.27. The van der Waals surface area contributed by atoms with Gasteiger partial charge in [-0.15, -0.1) is 11.3 Å². The predicted octanol–water partition coefficient (Wildman–Crippen LogP) is 3.22. The molecule has 0 unspecified atom stereocenters. The van der Waals surface area contributed by atoms with Crippen LogP contribution in [0.2, 0.25) is 0 Å². The topological polar surface area (TPSA) is 12.9 Å². The van der Waals surface area contributed by atoms with E-state index >= 15 is 0 Å². The minimum atomic E-state index is 0.839. The van der Waals surface area contributed by atoms with Crippen molar-refractivity contribution >= 4 is 43.2 Å². The minimum absolute atomic E-state index is 0.839. The molecule has 1 rings (SSSR count). The van der Waals surface area contributed by atoms with Crippen LogP contribution in [0.1, 0.15) is 10.6 Å². The smallest absolute Gasteiger partial charge is 0.159 e. The SMILES string of the molecule is [CH2]Cc1sc(Br)nc1CCBr. The van der Waals surface area contributed by atoms with Gasteiger partial charge in [0.25, 0.3) is 0 Å². The third-order valence-electron chi connectivity index (χ3n) is 1.31. The Balaban J connectivity index is 2.83. The number of aryl methyl sites for hydroxylation is 1. The molecule has 1 radical (unpaired) electrons. The Morgan fingerprint density at radius 2 is 2.27 bits per heavy atom. The maximum absolute atomic E-state index is 4.34. The van der Waals surface area contributed by atoms with Crippen molar-refractivity contribution in [3.63, 3.8) is 0 Å². The molecule has 0 saturated heterocycles. The summed E-state index contributed by atoms with van der Waals surface area (Å²) in [5.41, 5.74) is 1.17. The fraction of sp³-hybridized carbons (Fsp3) is 0.429. The number of hydrogen-bond acceptors (Lipinski definition) is 2. The number of aromatic nitrogens is 1.